The topological polar surface area (TPSA) is 86.7 Å². The van der Waals surface area contributed by atoms with Crippen LogP contribution < -0.4 is 10.2 Å². The van der Waals surface area contributed by atoms with Crippen LogP contribution in [0.3, 0.4) is 0 Å². The molecule has 2 bridgehead atoms. The van der Waals surface area contributed by atoms with Crippen LogP contribution in [-0.4, -0.2) is 35.0 Å². The maximum atomic E-state index is 12.9. The SMILES string of the molecule is O=C(N[C@H]1CCCC[C@@H]1O)c1ccc(N2C(=O)[C@@H]3[C@H](C2=O)[C@@H]2C=C[C@H]3C2)cc1. The average molecular weight is 380 g/mol. The number of carbonyl (C=O) groups is 3. The van der Waals surface area contributed by atoms with Gasteiger partial charge in [-0.15, -0.1) is 0 Å². The molecule has 1 heterocycles. The van der Waals surface area contributed by atoms with Gasteiger partial charge in [0.1, 0.15) is 0 Å². The molecule has 0 radical (unpaired) electrons. The third-order valence-corrected chi connectivity index (χ3v) is 6.90. The van der Waals surface area contributed by atoms with Crippen molar-refractivity contribution in [2.24, 2.45) is 23.7 Å². The maximum absolute atomic E-state index is 12.9. The third-order valence-electron chi connectivity index (χ3n) is 6.90. The van der Waals surface area contributed by atoms with Crippen molar-refractivity contribution in [3.05, 3.63) is 42.0 Å². The fourth-order valence-corrected chi connectivity index (χ4v) is 5.45. The molecule has 3 fully saturated rings. The Hall–Kier alpha value is -2.47. The summed E-state index contributed by atoms with van der Waals surface area (Å²) in [6, 6.07) is 6.39. The number of nitrogens with one attached hydrogen (secondary N) is 1. The Morgan fingerprint density at radius 1 is 0.964 bits per heavy atom. The number of fused-ring (bicyclic) bond motifs is 5. The second-order valence-electron chi connectivity index (χ2n) is 8.49. The minimum absolute atomic E-state index is 0.116. The van der Waals surface area contributed by atoms with Crippen molar-refractivity contribution >= 4 is 23.4 Å². The van der Waals surface area contributed by atoms with E-state index in [9.17, 15) is 19.5 Å². The van der Waals surface area contributed by atoms with E-state index in [4.69, 9.17) is 0 Å². The number of imide groups is 1. The molecule has 1 aromatic carbocycles. The number of nitrogens with zero attached hydrogens (tertiary/aromatic N) is 1. The molecular formula is C22H24N2O4. The second kappa shape index (κ2) is 6.55. The average Bonchev–Trinajstić information content (AvgIpc) is 3.38. The number of hydrogen-bond acceptors (Lipinski definition) is 4. The van der Waals surface area contributed by atoms with E-state index in [2.05, 4.69) is 17.5 Å². The van der Waals surface area contributed by atoms with E-state index in [0.29, 0.717) is 17.7 Å². The number of allylic oxidation sites excluding steroid dienone is 2. The van der Waals surface area contributed by atoms with Crippen molar-refractivity contribution < 1.29 is 19.5 Å². The zero-order valence-corrected chi connectivity index (χ0v) is 15.6. The number of rotatable bonds is 3. The van der Waals surface area contributed by atoms with Crippen LogP contribution in [0.15, 0.2) is 36.4 Å². The van der Waals surface area contributed by atoms with Gasteiger partial charge in [0.15, 0.2) is 0 Å². The van der Waals surface area contributed by atoms with E-state index in [-0.39, 0.29) is 47.4 Å². The first-order valence-electron chi connectivity index (χ1n) is 10.2. The van der Waals surface area contributed by atoms with Crippen LogP contribution in [0.25, 0.3) is 0 Å². The van der Waals surface area contributed by atoms with Crippen LogP contribution in [0.1, 0.15) is 42.5 Å². The minimum Gasteiger partial charge on any atom is -0.391 e. The van der Waals surface area contributed by atoms with Gasteiger partial charge in [-0.3, -0.25) is 19.3 Å². The van der Waals surface area contributed by atoms with E-state index in [1.807, 2.05) is 0 Å². The molecule has 2 N–H and O–H groups in total. The Bertz CT molecular complexity index is 832. The molecule has 5 rings (SSSR count). The summed E-state index contributed by atoms with van der Waals surface area (Å²) in [5.41, 5.74) is 0.987. The van der Waals surface area contributed by atoms with Gasteiger partial charge in [-0.1, -0.05) is 25.0 Å². The fourth-order valence-electron chi connectivity index (χ4n) is 5.45. The normalized spacial score (nSPS) is 36.1. The van der Waals surface area contributed by atoms with Gasteiger partial charge in [0, 0.05) is 5.56 Å². The molecule has 6 nitrogen and oxygen atoms in total. The monoisotopic (exact) mass is 380 g/mol. The molecular weight excluding hydrogens is 356 g/mol. The highest BCUT2D eigenvalue weighted by Gasteiger charge is 2.59. The standard InChI is InChI=1S/C22H24N2O4/c25-17-4-2-1-3-16(17)23-20(26)12-7-9-15(10-8-12)24-21(27)18-13-5-6-14(11-13)19(18)22(24)28/h5-10,13-14,16-19,25H,1-4,11H2,(H,23,26)/t13-,14+,16-,17-,18-,19+/m0/s1. The highest BCUT2D eigenvalue weighted by molar-refractivity contribution is 6.22. The number of amides is 3. The zero-order valence-electron chi connectivity index (χ0n) is 15.6. The summed E-state index contributed by atoms with van der Waals surface area (Å²) in [6.45, 7) is 0. The summed E-state index contributed by atoms with van der Waals surface area (Å²) >= 11 is 0. The molecule has 1 saturated heterocycles. The maximum Gasteiger partial charge on any atom is 0.251 e. The number of benzene rings is 1. The molecule has 6 atom stereocenters. The lowest BCUT2D eigenvalue weighted by atomic mass is 9.85. The largest absolute Gasteiger partial charge is 0.391 e. The van der Waals surface area contributed by atoms with Crippen molar-refractivity contribution in [2.75, 3.05) is 4.90 Å². The summed E-state index contributed by atoms with van der Waals surface area (Å²) in [7, 11) is 0. The van der Waals surface area contributed by atoms with Gasteiger partial charge in [0.25, 0.3) is 5.91 Å². The molecule has 3 amide bonds. The quantitative estimate of drug-likeness (QED) is 0.621. The van der Waals surface area contributed by atoms with Gasteiger partial charge in [-0.05, 0) is 55.4 Å². The molecule has 6 heteroatoms. The summed E-state index contributed by atoms with van der Waals surface area (Å²) in [5, 5.41) is 12.9. The van der Waals surface area contributed by atoms with Crippen LogP contribution in [0, 0.1) is 23.7 Å². The zero-order chi connectivity index (χ0) is 19.4. The van der Waals surface area contributed by atoms with Crippen LogP contribution in [0.4, 0.5) is 5.69 Å². The van der Waals surface area contributed by atoms with Crippen molar-refractivity contribution in [3.63, 3.8) is 0 Å². The number of anilines is 1. The Morgan fingerprint density at radius 2 is 1.57 bits per heavy atom. The minimum atomic E-state index is -0.500. The molecule has 28 heavy (non-hydrogen) atoms. The fraction of sp³-hybridized carbons (Fsp3) is 0.500. The van der Waals surface area contributed by atoms with Crippen LogP contribution >= 0.6 is 0 Å². The van der Waals surface area contributed by atoms with Crippen molar-refractivity contribution in [1.82, 2.24) is 5.32 Å². The Labute approximate surface area is 163 Å². The molecule has 1 aliphatic heterocycles. The van der Waals surface area contributed by atoms with Gasteiger partial charge in [0.2, 0.25) is 11.8 Å². The Balaban J connectivity index is 1.31. The van der Waals surface area contributed by atoms with Gasteiger partial charge in [0.05, 0.1) is 29.7 Å². The molecule has 2 saturated carbocycles. The number of hydrogen-bond donors (Lipinski definition) is 2. The van der Waals surface area contributed by atoms with Crippen molar-refractivity contribution in [1.29, 1.82) is 0 Å². The van der Waals surface area contributed by atoms with E-state index in [1.165, 1.54) is 4.90 Å². The highest BCUT2D eigenvalue weighted by atomic mass is 16.3. The van der Waals surface area contributed by atoms with E-state index in [1.54, 1.807) is 24.3 Å². The molecule has 0 unspecified atom stereocenters. The molecule has 3 aliphatic carbocycles. The predicted octanol–water partition coefficient (Wildman–Crippen LogP) is 2.03. The molecule has 4 aliphatic rings. The molecule has 0 spiro atoms. The number of aliphatic hydroxyl groups excluding tert-OH is 1. The van der Waals surface area contributed by atoms with Gasteiger partial charge >= 0.3 is 0 Å². The predicted molar refractivity (Wildman–Crippen MR) is 102 cm³/mol. The number of aliphatic hydroxyl groups is 1. The number of carbonyl (C=O) groups excluding carboxylic acids is 3. The van der Waals surface area contributed by atoms with Crippen molar-refractivity contribution in [3.8, 4) is 0 Å². The summed E-state index contributed by atoms with van der Waals surface area (Å²) in [4.78, 5) is 39.5. The first-order valence-corrected chi connectivity index (χ1v) is 10.2. The highest BCUT2D eigenvalue weighted by Crippen LogP contribution is 2.53. The summed E-state index contributed by atoms with van der Waals surface area (Å²) in [5.74, 6) is -0.553. The van der Waals surface area contributed by atoms with Crippen molar-refractivity contribution in [2.45, 2.75) is 44.2 Å². The third kappa shape index (κ3) is 2.62. The van der Waals surface area contributed by atoms with Gasteiger partial charge < -0.3 is 10.4 Å². The van der Waals surface area contributed by atoms with Crippen LogP contribution in [0.5, 0.6) is 0 Å². The van der Waals surface area contributed by atoms with Crippen LogP contribution in [0.2, 0.25) is 0 Å². The molecule has 1 aromatic rings. The van der Waals surface area contributed by atoms with E-state index in [0.717, 1.165) is 25.7 Å². The Morgan fingerprint density at radius 3 is 2.18 bits per heavy atom. The van der Waals surface area contributed by atoms with Gasteiger partial charge in [-0.25, -0.2) is 0 Å². The van der Waals surface area contributed by atoms with Gasteiger partial charge in [-0.2, -0.15) is 0 Å². The second-order valence-corrected chi connectivity index (χ2v) is 8.49. The van der Waals surface area contributed by atoms with E-state index >= 15 is 0 Å². The molecule has 146 valence electrons. The first kappa shape index (κ1) is 17.6. The lowest BCUT2D eigenvalue weighted by Gasteiger charge is -2.28. The Kier molecular flexibility index (Phi) is 4.12. The lowest BCUT2D eigenvalue weighted by Crippen LogP contribution is -2.45. The molecule has 0 aromatic heterocycles. The lowest BCUT2D eigenvalue weighted by molar-refractivity contribution is -0.123. The first-order chi connectivity index (χ1) is 13.5. The summed E-state index contributed by atoms with van der Waals surface area (Å²) < 4.78 is 0. The van der Waals surface area contributed by atoms with Crippen LogP contribution in [-0.2, 0) is 9.59 Å². The smallest absolute Gasteiger partial charge is 0.251 e. The van der Waals surface area contributed by atoms with E-state index < -0.39 is 6.10 Å². The summed E-state index contributed by atoms with van der Waals surface area (Å²) in [6.07, 6.45) is 8.04.